The number of fused-ring (bicyclic) bond motifs is 1. The van der Waals surface area contributed by atoms with Crippen molar-refractivity contribution in [2.75, 3.05) is 13.4 Å². The van der Waals surface area contributed by atoms with Crippen LogP contribution in [0, 0.1) is 0 Å². The lowest BCUT2D eigenvalue weighted by molar-refractivity contribution is -0.190. The van der Waals surface area contributed by atoms with E-state index in [2.05, 4.69) is 10.3 Å². The van der Waals surface area contributed by atoms with Gasteiger partial charge in [-0.05, 0) is 6.07 Å². The normalized spacial score (nSPS) is 14.1. The Morgan fingerprint density at radius 2 is 2.12 bits per heavy atom. The fraction of sp³-hybridized carbons (Fsp3) is 0.400. The third-order valence-corrected chi connectivity index (χ3v) is 2.08. The summed E-state index contributed by atoms with van der Waals surface area (Å²) in [4.78, 5) is 4.29. The fourth-order valence-corrected chi connectivity index (χ4v) is 1.39. The lowest BCUT2D eigenvalue weighted by atomic mass is 10.2. The maximum Gasteiger partial charge on any atom is 0.413 e. The van der Waals surface area contributed by atoms with E-state index in [1.165, 1.54) is 0 Å². The zero-order chi connectivity index (χ0) is 12.3. The second kappa shape index (κ2) is 4.80. The van der Waals surface area contributed by atoms with E-state index >= 15 is 0 Å². The molecule has 1 heterocycles. The predicted molar refractivity (Wildman–Crippen MR) is 51.4 cm³/mol. The van der Waals surface area contributed by atoms with Crippen molar-refractivity contribution in [2.24, 2.45) is 0 Å². The van der Waals surface area contributed by atoms with Crippen molar-refractivity contribution >= 4 is 0 Å². The molecule has 1 aliphatic heterocycles. The molecule has 0 radical (unpaired) electrons. The number of benzene rings is 1. The Balaban J connectivity index is 1.86. The van der Waals surface area contributed by atoms with Crippen LogP contribution in [0.5, 0.6) is 11.5 Å². The first-order valence-electron chi connectivity index (χ1n) is 4.85. The van der Waals surface area contributed by atoms with Gasteiger partial charge in [-0.25, -0.2) is 0 Å². The molecule has 7 heteroatoms. The molecule has 2 rings (SSSR count). The number of hydrogen-bond donors (Lipinski definition) is 1. The molecule has 0 saturated carbocycles. The largest absolute Gasteiger partial charge is 0.454 e. The van der Waals surface area contributed by atoms with Crippen molar-refractivity contribution in [3.8, 4) is 11.5 Å². The van der Waals surface area contributed by atoms with Crippen LogP contribution in [0.1, 0.15) is 5.56 Å². The minimum atomic E-state index is -4.34. The Hall–Kier alpha value is -1.47. The van der Waals surface area contributed by atoms with E-state index in [-0.39, 0.29) is 13.3 Å². The van der Waals surface area contributed by atoms with E-state index in [4.69, 9.17) is 9.47 Å². The summed E-state index contributed by atoms with van der Waals surface area (Å²) in [6.07, 6.45) is -4.34. The average Bonchev–Trinajstić information content (AvgIpc) is 2.71. The maximum absolute atomic E-state index is 11.8. The summed E-state index contributed by atoms with van der Waals surface area (Å²) >= 11 is 0. The molecule has 17 heavy (non-hydrogen) atoms. The molecule has 4 nitrogen and oxygen atoms in total. The van der Waals surface area contributed by atoms with Crippen molar-refractivity contribution in [1.82, 2.24) is 5.48 Å². The minimum Gasteiger partial charge on any atom is -0.454 e. The van der Waals surface area contributed by atoms with Crippen molar-refractivity contribution in [1.29, 1.82) is 0 Å². The van der Waals surface area contributed by atoms with Gasteiger partial charge in [0.25, 0.3) is 0 Å². The molecule has 0 aliphatic carbocycles. The number of para-hydroxylation sites is 1. The summed E-state index contributed by atoms with van der Waals surface area (Å²) < 4.78 is 45.7. The number of alkyl halides is 3. The number of nitrogens with one attached hydrogen (secondary N) is 1. The van der Waals surface area contributed by atoms with Gasteiger partial charge < -0.3 is 9.47 Å². The van der Waals surface area contributed by atoms with Crippen LogP contribution >= 0.6 is 0 Å². The third kappa shape index (κ3) is 3.24. The molecule has 1 N–H and O–H groups in total. The monoisotopic (exact) mass is 249 g/mol. The first kappa shape index (κ1) is 12.0. The minimum absolute atomic E-state index is 0.114. The van der Waals surface area contributed by atoms with Crippen LogP contribution in [0.15, 0.2) is 18.2 Å². The van der Waals surface area contributed by atoms with Crippen LogP contribution in [0.4, 0.5) is 13.2 Å². The predicted octanol–water partition coefficient (Wildman–Crippen LogP) is 2.00. The Morgan fingerprint density at radius 1 is 1.29 bits per heavy atom. The van der Waals surface area contributed by atoms with Gasteiger partial charge in [-0.3, -0.25) is 4.84 Å². The molecule has 0 saturated heterocycles. The molecule has 0 aromatic heterocycles. The molecule has 94 valence electrons. The third-order valence-electron chi connectivity index (χ3n) is 2.08. The van der Waals surface area contributed by atoms with Gasteiger partial charge in [0.1, 0.15) is 0 Å². The lowest BCUT2D eigenvalue weighted by Gasteiger charge is -2.09. The van der Waals surface area contributed by atoms with Gasteiger partial charge in [0.05, 0.1) is 0 Å². The molecular formula is C10H10F3NO3. The Bertz CT molecular complexity index is 395. The van der Waals surface area contributed by atoms with Crippen LogP contribution in [0.25, 0.3) is 0 Å². The molecule has 0 atom stereocenters. The van der Waals surface area contributed by atoms with Crippen molar-refractivity contribution in [3.05, 3.63) is 23.8 Å². The van der Waals surface area contributed by atoms with Crippen molar-refractivity contribution in [3.63, 3.8) is 0 Å². The highest BCUT2D eigenvalue weighted by Gasteiger charge is 2.27. The second-order valence-electron chi connectivity index (χ2n) is 3.38. The van der Waals surface area contributed by atoms with Crippen molar-refractivity contribution in [2.45, 2.75) is 12.7 Å². The van der Waals surface area contributed by atoms with E-state index < -0.39 is 12.8 Å². The Morgan fingerprint density at radius 3 is 2.88 bits per heavy atom. The molecule has 0 spiro atoms. The summed E-state index contributed by atoms with van der Waals surface area (Å²) in [5.74, 6) is 1.12. The highest BCUT2D eigenvalue weighted by molar-refractivity contribution is 5.47. The van der Waals surface area contributed by atoms with Crippen LogP contribution in [-0.2, 0) is 11.4 Å². The quantitative estimate of drug-likeness (QED) is 0.654. The first-order valence-corrected chi connectivity index (χ1v) is 4.85. The number of halogens is 3. The molecule has 1 aliphatic rings. The van der Waals surface area contributed by atoms with Gasteiger partial charge in [-0.2, -0.15) is 18.7 Å². The van der Waals surface area contributed by atoms with Crippen LogP contribution < -0.4 is 15.0 Å². The van der Waals surface area contributed by atoms with E-state index in [0.717, 1.165) is 0 Å². The molecule has 0 amide bonds. The summed E-state index contributed by atoms with van der Waals surface area (Å²) in [6, 6.07) is 5.17. The van der Waals surface area contributed by atoms with E-state index in [1.54, 1.807) is 18.2 Å². The van der Waals surface area contributed by atoms with Gasteiger partial charge in [-0.15, -0.1) is 0 Å². The van der Waals surface area contributed by atoms with Gasteiger partial charge in [0.15, 0.2) is 18.1 Å². The second-order valence-corrected chi connectivity index (χ2v) is 3.38. The van der Waals surface area contributed by atoms with Gasteiger partial charge in [-0.1, -0.05) is 12.1 Å². The SMILES string of the molecule is FC(F)(F)CONCc1cccc2c1OCO2. The Kier molecular flexibility index (Phi) is 3.39. The average molecular weight is 249 g/mol. The van der Waals surface area contributed by atoms with Gasteiger partial charge in [0, 0.05) is 12.1 Å². The highest BCUT2D eigenvalue weighted by atomic mass is 19.4. The first-order chi connectivity index (χ1) is 8.06. The number of rotatable bonds is 4. The molecule has 0 fully saturated rings. The lowest BCUT2D eigenvalue weighted by Crippen LogP contribution is -2.24. The summed E-state index contributed by atoms with van der Waals surface area (Å²) in [6.45, 7) is -1.10. The molecule has 0 unspecified atom stereocenters. The molecular weight excluding hydrogens is 239 g/mol. The highest BCUT2D eigenvalue weighted by Crippen LogP contribution is 2.35. The topological polar surface area (TPSA) is 39.7 Å². The van der Waals surface area contributed by atoms with Crippen molar-refractivity contribution < 1.29 is 27.5 Å². The molecule has 1 aromatic carbocycles. The number of hydrogen-bond acceptors (Lipinski definition) is 4. The van der Waals surface area contributed by atoms with E-state index in [1.807, 2.05) is 0 Å². The summed E-state index contributed by atoms with van der Waals surface area (Å²) in [7, 11) is 0. The molecule has 0 bridgehead atoms. The zero-order valence-electron chi connectivity index (χ0n) is 8.71. The fourth-order valence-electron chi connectivity index (χ4n) is 1.39. The Labute approximate surface area is 95.2 Å². The van der Waals surface area contributed by atoms with Gasteiger partial charge >= 0.3 is 6.18 Å². The summed E-state index contributed by atoms with van der Waals surface area (Å²) in [5.41, 5.74) is 2.91. The maximum atomic E-state index is 11.8. The van der Waals surface area contributed by atoms with E-state index in [0.29, 0.717) is 17.1 Å². The molecule has 1 aromatic rings. The zero-order valence-corrected chi connectivity index (χ0v) is 8.71. The van der Waals surface area contributed by atoms with E-state index in [9.17, 15) is 13.2 Å². The summed E-state index contributed by atoms with van der Waals surface area (Å²) in [5, 5.41) is 0. The van der Waals surface area contributed by atoms with Gasteiger partial charge in [0.2, 0.25) is 6.79 Å². The number of ether oxygens (including phenoxy) is 2. The van der Waals surface area contributed by atoms with Crippen LogP contribution in [0.3, 0.4) is 0 Å². The number of hydroxylamine groups is 1. The smallest absolute Gasteiger partial charge is 0.413 e. The standard InChI is InChI=1S/C10H10F3NO3/c11-10(12,13)5-17-14-4-7-2-1-3-8-9(7)16-6-15-8/h1-3,14H,4-6H2. The van der Waals surface area contributed by atoms with Crippen LogP contribution in [0.2, 0.25) is 0 Å². The van der Waals surface area contributed by atoms with Crippen LogP contribution in [-0.4, -0.2) is 19.6 Å².